The first kappa shape index (κ1) is 21.7. The second-order valence-electron chi connectivity index (χ2n) is 8.72. The van der Waals surface area contributed by atoms with E-state index in [1.807, 2.05) is 14.1 Å². The lowest BCUT2D eigenvalue weighted by atomic mass is 9.82. The zero-order chi connectivity index (χ0) is 22.5. The fourth-order valence-corrected chi connectivity index (χ4v) is 4.89. The molecule has 1 atom stereocenters. The Kier molecular flexibility index (Phi) is 5.52. The first-order valence-corrected chi connectivity index (χ1v) is 10.6. The predicted octanol–water partition coefficient (Wildman–Crippen LogP) is 4.14. The molecule has 2 aromatic carbocycles. The molecule has 8 heteroatoms. The van der Waals surface area contributed by atoms with E-state index in [9.17, 15) is 13.6 Å². The summed E-state index contributed by atoms with van der Waals surface area (Å²) in [5, 5.41) is 0.268. The molecular weight excluding hydrogens is 422 g/mol. The highest BCUT2D eigenvalue weighted by Gasteiger charge is 2.45. The first-order valence-electron chi connectivity index (χ1n) is 10.2. The van der Waals surface area contributed by atoms with E-state index >= 15 is 0 Å². The Hall–Kier alpha value is -2.51. The highest BCUT2D eigenvalue weighted by molar-refractivity contribution is 6.34. The number of carbonyl (C=O) groups is 1. The first-order chi connectivity index (χ1) is 14.6. The minimum absolute atomic E-state index is 0.0447. The predicted molar refractivity (Wildman–Crippen MR) is 118 cm³/mol. The number of nitrogens with zero attached hydrogens (tertiary/aromatic N) is 3. The van der Waals surface area contributed by atoms with Crippen LogP contribution in [-0.2, 0) is 10.3 Å². The van der Waals surface area contributed by atoms with Gasteiger partial charge in [-0.05, 0) is 51.6 Å². The van der Waals surface area contributed by atoms with Crippen LogP contribution in [0.2, 0.25) is 5.02 Å². The van der Waals surface area contributed by atoms with Crippen LogP contribution in [0.25, 0.3) is 11.1 Å². The summed E-state index contributed by atoms with van der Waals surface area (Å²) in [7, 11) is 4.04. The molecule has 1 heterocycles. The number of benzene rings is 2. The van der Waals surface area contributed by atoms with Crippen LogP contribution in [0, 0.1) is 11.6 Å². The topological polar surface area (TPSA) is 61.9 Å². The third kappa shape index (κ3) is 3.81. The smallest absolute Gasteiger partial charge is 0.232 e. The minimum Gasteiger partial charge on any atom is -0.369 e. The average molecular weight is 447 g/mol. The van der Waals surface area contributed by atoms with Gasteiger partial charge in [0.15, 0.2) is 5.96 Å². The summed E-state index contributed by atoms with van der Waals surface area (Å²) in [4.78, 5) is 21.5. The molecule has 31 heavy (non-hydrogen) atoms. The molecule has 4 rings (SSSR count). The molecule has 0 radical (unpaired) electrons. The molecule has 0 spiro atoms. The Bertz CT molecular complexity index is 1070. The van der Waals surface area contributed by atoms with Crippen LogP contribution < -0.4 is 5.73 Å². The van der Waals surface area contributed by atoms with Gasteiger partial charge < -0.3 is 10.6 Å². The summed E-state index contributed by atoms with van der Waals surface area (Å²) in [6.45, 7) is 1.80. The Morgan fingerprint density at radius 3 is 2.52 bits per heavy atom. The maximum atomic E-state index is 14.4. The molecular formula is C23H25ClF2N4O. The molecule has 1 saturated carbocycles. The molecule has 2 aliphatic rings. The van der Waals surface area contributed by atoms with E-state index < -0.39 is 17.2 Å². The van der Waals surface area contributed by atoms with Gasteiger partial charge in [-0.2, -0.15) is 0 Å². The fourth-order valence-electron chi connectivity index (χ4n) is 4.46. The molecule has 0 aromatic heterocycles. The molecule has 164 valence electrons. The summed E-state index contributed by atoms with van der Waals surface area (Å²) in [5.41, 5.74) is 6.44. The largest absolute Gasteiger partial charge is 0.369 e. The molecule has 1 aliphatic heterocycles. The van der Waals surface area contributed by atoms with Crippen molar-refractivity contribution in [3.8, 4) is 11.1 Å². The number of hydrogen-bond acceptors (Lipinski definition) is 4. The van der Waals surface area contributed by atoms with Gasteiger partial charge >= 0.3 is 0 Å². The van der Waals surface area contributed by atoms with E-state index in [-0.39, 0.29) is 34.9 Å². The SMILES string of the molecule is CN(C)C1CC(N2C(=O)C[C@@](C)(c3cccc(-c4ccc(F)cc4F)c3Cl)N=C2N)C1. The number of halogens is 3. The zero-order valence-corrected chi connectivity index (χ0v) is 18.5. The van der Waals surface area contributed by atoms with Gasteiger partial charge in [0, 0.05) is 29.3 Å². The molecule has 1 aliphatic carbocycles. The summed E-state index contributed by atoms with van der Waals surface area (Å²) < 4.78 is 27.7. The summed E-state index contributed by atoms with van der Waals surface area (Å²) >= 11 is 6.66. The fraction of sp³-hybridized carbons (Fsp3) is 0.391. The number of guanidine groups is 1. The van der Waals surface area contributed by atoms with Crippen LogP contribution in [-0.4, -0.2) is 47.8 Å². The minimum atomic E-state index is -0.980. The lowest BCUT2D eigenvalue weighted by Gasteiger charge is -2.47. The summed E-state index contributed by atoms with van der Waals surface area (Å²) in [6.07, 6.45) is 1.81. The monoisotopic (exact) mass is 446 g/mol. The second kappa shape index (κ2) is 7.88. The summed E-state index contributed by atoms with van der Waals surface area (Å²) in [5.74, 6) is -1.30. The van der Waals surface area contributed by atoms with Crippen LogP contribution >= 0.6 is 11.6 Å². The standard InChI is InChI=1S/C23H25ClF2N4O/c1-23(12-20(31)30(22(27)28-23)15-10-14(11-15)29(2)3)18-6-4-5-17(21(18)24)16-8-7-13(25)9-19(16)26/h4-9,14-15H,10-12H2,1-3H3,(H2,27,28)/t14?,15?,23-/m0/s1. The molecule has 0 bridgehead atoms. The average Bonchev–Trinajstić information content (AvgIpc) is 2.63. The van der Waals surface area contributed by atoms with Crippen molar-refractivity contribution < 1.29 is 13.6 Å². The third-order valence-electron chi connectivity index (χ3n) is 6.36. The van der Waals surface area contributed by atoms with Crippen LogP contribution in [0.4, 0.5) is 8.78 Å². The Morgan fingerprint density at radius 2 is 1.90 bits per heavy atom. The van der Waals surface area contributed by atoms with Crippen molar-refractivity contribution in [3.63, 3.8) is 0 Å². The van der Waals surface area contributed by atoms with Crippen LogP contribution in [0.5, 0.6) is 0 Å². The Labute approximate surface area is 185 Å². The van der Waals surface area contributed by atoms with Gasteiger partial charge in [-0.15, -0.1) is 0 Å². The van der Waals surface area contributed by atoms with E-state index in [2.05, 4.69) is 9.89 Å². The van der Waals surface area contributed by atoms with Crippen molar-refractivity contribution in [1.82, 2.24) is 9.80 Å². The Morgan fingerprint density at radius 1 is 1.19 bits per heavy atom. The summed E-state index contributed by atoms with van der Waals surface area (Å²) in [6, 6.07) is 8.96. The number of carbonyl (C=O) groups excluding carboxylic acids is 1. The van der Waals surface area contributed by atoms with E-state index in [1.54, 1.807) is 30.0 Å². The zero-order valence-electron chi connectivity index (χ0n) is 17.7. The normalized spacial score (nSPS) is 26.1. The highest BCUT2D eigenvalue weighted by atomic mass is 35.5. The number of hydrogen-bond donors (Lipinski definition) is 1. The van der Waals surface area contributed by atoms with Gasteiger partial charge in [-0.25, -0.2) is 13.8 Å². The van der Waals surface area contributed by atoms with Gasteiger partial charge in [0.25, 0.3) is 0 Å². The van der Waals surface area contributed by atoms with Gasteiger partial charge in [0.2, 0.25) is 5.91 Å². The Balaban J connectivity index is 1.68. The number of rotatable bonds is 4. The quantitative estimate of drug-likeness (QED) is 0.767. The van der Waals surface area contributed by atoms with Gasteiger partial charge in [0.05, 0.1) is 17.0 Å². The molecule has 1 amide bonds. The molecule has 0 saturated heterocycles. The second-order valence-corrected chi connectivity index (χ2v) is 9.10. The third-order valence-corrected chi connectivity index (χ3v) is 6.76. The van der Waals surface area contributed by atoms with Crippen molar-refractivity contribution in [3.05, 3.63) is 58.6 Å². The van der Waals surface area contributed by atoms with Crippen molar-refractivity contribution in [2.45, 2.75) is 43.8 Å². The van der Waals surface area contributed by atoms with E-state index in [1.165, 1.54) is 12.1 Å². The lowest BCUT2D eigenvalue weighted by molar-refractivity contribution is -0.133. The van der Waals surface area contributed by atoms with E-state index in [0.29, 0.717) is 17.2 Å². The van der Waals surface area contributed by atoms with Gasteiger partial charge in [0.1, 0.15) is 11.6 Å². The number of nitrogens with two attached hydrogens (primary N) is 1. The molecule has 5 nitrogen and oxygen atoms in total. The maximum absolute atomic E-state index is 14.4. The highest BCUT2D eigenvalue weighted by Crippen LogP contribution is 2.43. The van der Waals surface area contributed by atoms with E-state index in [4.69, 9.17) is 17.3 Å². The molecule has 2 aromatic rings. The van der Waals surface area contributed by atoms with Gasteiger partial charge in [-0.1, -0.05) is 29.8 Å². The van der Waals surface area contributed by atoms with Crippen LogP contribution in [0.1, 0.15) is 31.7 Å². The number of amides is 1. The molecule has 2 N–H and O–H groups in total. The lowest BCUT2D eigenvalue weighted by Crippen LogP contribution is -2.60. The molecule has 0 unspecified atom stereocenters. The van der Waals surface area contributed by atoms with Crippen molar-refractivity contribution >= 4 is 23.5 Å². The van der Waals surface area contributed by atoms with Crippen molar-refractivity contribution in [2.75, 3.05) is 14.1 Å². The van der Waals surface area contributed by atoms with Gasteiger partial charge in [-0.3, -0.25) is 9.69 Å². The van der Waals surface area contributed by atoms with E-state index in [0.717, 1.165) is 18.9 Å². The van der Waals surface area contributed by atoms with Crippen molar-refractivity contribution in [2.24, 2.45) is 10.7 Å². The molecule has 1 fully saturated rings. The van der Waals surface area contributed by atoms with Crippen LogP contribution in [0.15, 0.2) is 41.4 Å². The maximum Gasteiger partial charge on any atom is 0.232 e. The number of aliphatic imine (C=N–C) groups is 1. The van der Waals surface area contributed by atoms with Crippen molar-refractivity contribution in [1.29, 1.82) is 0 Å². The van der Waals surface area contributed by atoms with Crippen LogP contribution in [0.3, 0.4) is 0 Å².